The van der Waals surface area contributed by atoms with Gasteiger partial charge in [0.1, 0.15) is 5.01 Å². The molecule has 142 valence electrons. The van der Waals surface area contributed by atoms with Crippen molar-refractivity contribution >= 4 is 17.3 Å². The minimum Gasteiger partial charge on any atom is -0.352 e. The molecule has 0 amide bonds. The van der Waals surface area contributed by atoms with Crippen molar-refractivity contribution in [2.75, 3.05) is 7.05 Å². The average molecular weight is 400 g/mol. The fourth-order valence-electron chi connectivity index (χ4n) is 1.85. The maximum absolute atomic E-state index is 13.6. The lowest BCUT2D eigenvalue weighted by Crippen LogP contribution is -2.36. The normalized spacial score (nSPS) is 12.4. The molecule has 2 N–H and O–H groups in total. The smallest absolute Gasteiger partial charge is 0.352 e. The number of nitrogens with zero attached hydrogens (tertiary/aromatic N) is 2. The Labute approximate surface area is 146 Å². The second-order valence-corrected chi connectivity index (χ2v) is 5.79. The topological polar surface area (TPSA) is 49.3 Å². The molecule has 0 saturated heterocycles. The first-order valence-electron chi connectivity index (χ1n) is 6.91. The van der Waals surface area contributed by atoms with E-state index in [0.29, 0.717) is 0 Å². The van der Waals surface area contributed by atoms with Crippen molar-refractivity contribution in [3.05, 3.63) is 51.0 Å². The van der Waals surface area contributed by atoms with E-state index in [-0.39, 0.29) is 23.6 Å². The van der Waals surface area contributed by atoms with E-state index in [2.05, 4.69) is 20.6 Å². The van der Waals surface area contributed by atoms with Gasteiger partial charge in [0.2, 0.25) is 0 Å². The van der Waals surface area contributed by atoms with Gasteiger partial charge in [-0.05, 0) is 0 Å². The number of thiazole rings is 1. The van der Waals surface area contributed by atoms with E-state index in [1.54, 1.807) is 0 Å². The third-order valence-electron chi connectivity index (χ3n) is 3.11. The lowest BCUT2D eigenvalue weighted by Gasteiger charge is -2.12. The highest BCUT2D eigenvalue weighted by Gasteiger charge is 2.33. The van der Waals surface area contributed by atoms with E-state index in [4.69, 9.17) is 0 Å². The average Bonchev–Trinajstić information content (AvgIpc) is 3.05. The van der Waals surface area contributed by atoms with Crippen LogP contribution in [0.25, 0.3) is 0 Å². The second kappa shape index (κ2) is 7.89. The van der Waals surface area contributed by atoms with Gasteiger partial charge in [-0.15, -0.1) is 11.3 Å². The van der Waals surface area contributed by atoms with Crippen LogP contribution in [0.1, 0.15) is 16.3 Å². The van der Waals surface area contributed by atoms with Gasteiger partial charge in [0.15, 0.2) is 34.9 Å². The third kappa shape index (κ3) is 4.62. The van der Waals surface area contributed by atoms with E-state index in [0.717, 1.165) is 16.7 Å². The van der Waals surface area contributed by atoms with Crippen LogP contribution < -0.4 is 10.6 Å². The van der Waals surface area contributed by atoms with E-state index >= 15 is 0 Å². The first kappa shape index (κ1) is 19.9. The van der Waals surface area contributed by atoms with Gasteiger partial charge in [0.05, 0.1) is 6.54 Å². The minimum atomic E-state index is -4.56. The van der Waals surface area contributed by atoms with Gasteiger partial charge in [-0.3, -0.25) is 4.99 Å². The van der Waals surface area contributed by atoms with Crippen LogP contribution in [0, 0.1) is 23.3 Å². The molecule has 0 fully saturated rings. The predicted octanol–water partition coefficient (Wildman–Crippen LogP) is 3.58. The van der Waals surface area contributed by atoms with Crippen molar-refractivity contribution in [2.24, 2.45) is 4.99 Å². The number of halogens is 7. The number of hydrogen-bond donors (Lipinski definition) is 2. The quantitative estimate of drug-likeness (QED) is 0.357. The number of benzene rings is 1. The van der Waals surface area contributed by atoms with Crippen molar-refractivity contribution in [3.63, 3.8) is 0 Å². The van der Waals surface area contributed by atoms with Gasteiger partial charge < -0.3 is 10.6 Å². The lowest BCUT2D eigenvalue weighted by molar-refractivity contribution is -0.140. The van der Waals surface area contributed by atoms with Gasteiger partial charge in [-0.25, -0.2) is 22.5 Å². The molecule has 0 aliphatic heterocycles. The highest BCUT2D eigenvalue weighted by Crippen LogP contribution is 2.29. The summed E-state index contributed by atoms with van der Waals surface area (Å²) in [6.07, 6.45) is -4.56. The number of aliphatic imine (C=N–C) groups is 1. The molecular formula is C14H11F7N4S. The van der Waals surface area contributed by atoms with Gasteiger partial charge in [-0.2, -0.15) is 13.2 Å². The Bertz CT molecular complexity index is 790. The molecule has 1 aromatic carbocycles. The number of nitrogens with one attached hydrogen (secondary N) is 2. The highest BCUT2D eigenvalue weighted by atomic mass is 32.1. The predicted molar refractivity (Wildman–Crippen MR) is 80.4 cm³/mol. The molecule has 0 aliphatic rings. The monoisotopic (exact) mass is 400 g/mol. The summed E-state index contributed by atoms with van der Waals surface area (Å²) in [4.78, 5) is 7.08. The van der Waals surface area contributed by atoms with Crippen molar-refractivity contribution in [2.45, 2.75) is 19.3 Å². The van der Waals surface area contributed by atoms with E-state index in [9.17, 15) is 30.7 Å². The fraction of sp³-hybridized carbons (Fsp3) is 0.286. The molecule has 0 saturated carbocycles. The first-order valence-corrected chi connectivity index (χ1v) is 7.79. The Kier molecular flexibility index (Phi) is 6.05. The molecule has 0 radical (unpaired) electrons. The Morgan fingerprint density at radius 2 is 1.65 bits per heavy atom. The van der Waals surface area contributed by atoms with Crippen LogP contribution in [-0.4, -0.2) is 18.0 Å². The number of aromatic nitrogens is 1. The summed E-state index contributed by atoms with van der Waals surface area (Å²) >= 11 is 0.757. The summed E-state index contributed by atoms with van der Waals surface area (Å²) in [5.41, 5.74) is -1.92. The molecule has 2 aromatic rings. The fourth-order valence-corrected chi connectivity index (χ4v) is 2.59. The zero-order chi connectivity index (χ0) is 19.5. The molecule has 0 bridgehead atoms. The van der Waals surface area contributed by atoms with Gasteiger partial charge in [0, 0.05) is 30.6 Å². The Hall–Kier alpha value is -2.37. The Morgan fingerprint density at radius 1 is 1.08 bits per heavy atom. The number of rotatable bonds is 4. The van der Waals surface area contributed by atoms with Gasteiger partial charge >= 0.3 is 6.18 Å². The maximum Gasteiger partial charge on any atom is 0.434 e. The molecule has 26 heavy (non-hydrogen) atoms. The zero-order valence-electron chi connectivity index (χ0n) is 13.0. The SMILES string of the molecule is CN=C(NCc1nc(C(F)(F)F)cs1)NCc1c(F)c(F)cc(F)c1F. The second-order valence-electron chi connectivity index (χ2n) is 4.85. The standard InChI is InChI=1S/C14H11F7N4S/c1-22-13(24-4-10-25-9(5-26-10)14(19,20)21)23-3-6-11(17)7(15)2-8(16)12(6)18/h2,5H,3-4H2,1H3,(H2,22,23,24). The Morgan fingerprint density at radius 3 is 2.15 bits per heavy atom. The van der Waals surface area contributed by atoms with E-state index < -0.39 is 47.2 Å². The Balaban J connectivity index is 2.00. The molecule has 0 unspecified atom stereocenters. The molecule has 4 nitrogen and oxygen atoms in total. The maximum atomic E-state index is 13.6. The highest BCUT2D eigenvalue weighted by molar-refractivity contribution is 7.09. The summed E-state index contributed by atoms with van der Waals surface area (Å²) in [5.74, 6) is -6.27. The number of guanidine groups is 1. The van der Waals surface area contributed by atoms with Crippen LogP contribution in [0.15, 0.2) is 16.4 Å². The van der Waals surface area contributed by atoms with Crippen molar-refractivity contribution in [1.82, 2.24) is 15.6 Å². The number of hydrogen-bond acceptors (Lipinski definition) is 3. The molecule has 12 heteroatoms. The summed E-state index contributed by atoms with van der Waals surface area (Å²) in [6.45, 7) is -0.791. The van der Waals surface area contributed by atoms with Crippen LogP contribution >= 0.6 is 11.3 Å². The van der Waals surface area contributed by atoms with E-state index in [1.807, 2.05) is 0 Å². The van der Waals surface area contributed by atoms with Crippen LogP contribution in [0.5, 0.6) is 0 Å². The van der Waals surface area contributed by atoms with Crippen molar-refractivity contribution < 1.29 is 30.7 Å². The molecule has 2 rings (SSSR count). The molecule has 0 spiro atoms. The largest absolute Gasteiger partial charge is 0.434 e. The summed E-state index contributed by atoms with van der Waals surface area (Å²) in [5, 5.41) is 5.92. The summed E-state index contributed by atoms with van der Waals surface area (Å²) in [7, 11) is 1.29. The van der Waals surface area contributed by atoms with Crippen LogP contribution in [0.4, 0.5) is 30.7 Å². The molecule has 0 atom stereocenters. The first-order chi connectivity index (χ1) is 12.1. The van der Waals surface area contributed by atoms with Crippen LogP contribution in [0.3, 0.4) is 0 Å². The van der Waals surface area contributed by atoms with Gasteiger partial charge in [-0.1, -0.05) is 0 Å². The zero-order valence-corrected chi connectivity index (χ0v) is 13.8. The molecule has 1 heterocycles. The molecule has 1 aromatic heterocycles. The van der Waals surface area contributed by atoms with Gasteiger partial charge in [0.25, 0.3) is 0 Å². The summed E-state index contributed by atoms with van der Waals surface area (Å²) < 4.78 is 90.8. The summed E-state index contributed by atoms with van der Waals surface area (Å²) in [6, 6.07) is 0.0853. The molecule has 0 aliphatic carbocycles. The lowest BCUT2D eigenvalue weighted by atomic mass is 10.2. The van der Waals surface area contributed by atoms with Crippen molar-refractivity contribution in [1.29, 1.82) is 0 Å². The minimum absolute atomic E-state index is 0.0581. The molecular weight excluding hydrogens is 389 g/mol. The van der Waals surface area contributed by atoms with Crippen molar-refractivity contribution in [3.8, 4) is 0 Å². The van der Waals surface area contributed by atoms with Crippen LogP contribution in [0.2, 0.25) is 0 Å². The van der Waals surface area contributed by atoms with E-state index in [1.165, 1.54) is 7.05 Å². The number of alkyl halides is 3. The third-order valence-corrected chi connectivity index (χ3v) is 3.96. The van der Waals surface area contributed by atoms with Crippen LogP contribution in [-0.2, 0) is 19.3 Å².